The van der Waals surface area contributed by atoms with E-state index < -0.39 is 0 Å². The predicted octanol–water partition coefficient (Wildman–Crippen LogP) is 2.42. The second-order valence-corrected chi connectivity index (χ2v) is 5.54. The van der Waals surface area contributed by atoms with Gasteiger partial charge in [0.05, 0.1) is 6.10 Å². The van der Waals surface area contributed by atoms with Crippen molar-refractivity contribution in [2.24, 2.45) is 5.41 Å². The summed E-state index contributed by atoms with van der Waals surface area (Å²) < 4.78 is 5.60. The first-order valence-corrected chi connectivity index (χ1v) is 6.16. The smallest absolute Gasteiger partial charge is 0.112 e. The Morgan fingerprint density at radius 3 is 2.93 bits per heavy atom. The fraction of sp³-hybridized carbons (Fsp3) is 0.846. The molecule has 4 rings (SSSR count). The summed E-state index contributed by atoms with van der Waals surface area (Å²) in [6, 6.07) is 0. The molecule has 0 amide bonds. The molecule has 2 bridgehead atoms. The van der Waals surface area contributed by atoms with Crippen molar-refractivity contribution in [1.29, 1.82) is 0 Å². The molecule has 4 aliphatic rings. The Hall–Kier alpha value is -0.340. The SMILES string of the molecule is CO[C@]12C=C3CCCC[C@@]3(CC1)C[C@H]2O. The number of allylic oxidation sites excluding steroid dienone is 1. The molecule has 0 aromatic heterocycles. The van der Waals surface area contributed by atoms with Crippen LogP contribution < -0.4 is 0 Å². The van der Waals surface area contributed by atoms with Gasteiger partial charge in [-0.2, -0.15) is 0 Å². The molecular weight excluding hydrogens is 188 g/mol. The topological polar surface area (TPSA) is 29.5 Å². The zero-order valence-corrected chi connectivity index (χ0v) is 9.46. The van der Waals surface area contributed by atoms with Gasteiger partial charge in [-0.05, 0) is 43.9 Å². The number of ether oxygens (including phenoxy) is 1. The van der Waals surface area contributed by atoms with Crippen LogP contribution in [0, 0.1) is 5.41 Å². The quantitative estimate of drug-likeness (QED) is 0.671. The average molecular weight is 208 g/mol. The minimum absolute atomic E-state index is 0.280. The molecule has 2 fully saturated rings. The Balaban J connectivity index is 2.04. The summed E-state index contributed by atoms with van der Waals surface area (Å²) in [6.45, 7) is 0. The van der Waals surface area contributed by atoms with Crippen LogP contribution in [0.3, 0.4) is 0 Å². The highest BCUT2D eigenvalue weighted by molar-refractivity contribution is 5.32. The lowest BCUT2D eigenvalue weighted by molar-refractivity contribution is -0.133. The summed E-state index contributed by atoms with van der Waals surface area (Å²) in [5, 5.41) is 10.2. The molecule has 2 heteroatoms. The Morgan fingerprint density at radius 1 is 1.33 bits per heavy atom. The van der Waals surface area contributed by atoms with Crippen molar-refractivity contribution in [3.63, 3.8) is 0 Å². The number of aliphatic hydroxyl groups excluding tert-OH is 1. The molecule has 1 N–H and O–H groups in total. The summed E-state index contributed by atoms with van der Waals surface area (Å²) in [4.78, 5) is 0. The summed E-state index contributed by atoms with van der Waals surface area (Å²) in [7, 11) is 1.74. The van der Waals surface area contributed by atoms with E-state index in [0.29, 0.717) is 5.41 Å². The molecule has 4 aliphatic carbocycles. The zero-order valence-electron chi connectivity index (χ0n) is 9.46. The standard InChI is InChI=1S/C13H20O2/c1-15-13-7-6-12(9-11(13)14)5-3-2-4-10(12)8-13/h8,11,14H,2-7,9H2,1H3/t11-,12-,13+/m1/s1. The van der Waals surface area contributed by atoms with Gasteiger partial charge in [0.25, 0.3) is 0 Å². The van der Waals surface area contributed by atoms with Crippen molar-refractivity contribution in [2.45, 2.75) is 56.7 Å². The van der Waals surface area contributed by atoms with Gasteiger partial charge in [-0.1, -0.05) is 18.1 Å². The van der Waals surface area contributed by atoms with E-state index in [1.807, 2.05) is 0 Å². The van der Waals surface area contributed by atoms with Crippen LogP contribution in [0.4, 0.5) is 0 Å². The van der Waals surface area contributed by atoms with E-state index in [1.165, 1.54) is 32.1 Å². The van der Waals surface area contributed by atoms with E-state index in [1.54, 1.807) is 12.7 Å². The molecule has 3 atom stereocenters. The van der Waals surface area contributed by atoms with Crippen molar-refractivity contribution < 1.29 is 9.84 Å². The molecule has 2 saturated carbocycles. The molecule has 0 aromatic carbocycles. The number of rotatable bonds is 1. The predicted molar refractivity (Wildman–Crippen MR) is 58.6 cm³/mol. The maximum absolute atomic E-state index is 10.2. The van der Waals surface area contributed by atoms with E-state index in [4.69, 9.17) is 4.74 Å². The Bertz CT molecular complexity index is 310. The molecule has 84 valence electrons. The zero-order chi connectivity index (χ0) is 10.5. The van der Waals surface area contributed by atoms with Gasteiger partial charge in [0, 0.05) is 7.11 Å². The van der Waals surface area contributed by atoms with E-state index in [-0.39, 0.29) is 11.7 Å². The van der Waals surface area contributed by atoms with Gasteiger partial charge in [0.15, 0.2) is 0 Å². The Labute approximate surface area is 91.3 Å². The van der Waals surface area contributed by atoms with Crippen molar-refractivity contribution in [1.82, 2.24) is 0 Å². The first-order valence-electron chi connectivity index (χ1n) is 6.16. The summed E-state index contributed by atoms with van der Waals surface area (Å²) in [5.74, 6) is 0. The molecule has 0 aromatic rings. The third kappa shape index (κ3) is 1.18. The molecule has 0 saturated heterocycles. The number of aliphatic hydroxyl groups is 1. The largest absolute Gasteiger partial charge is 0.390 e. The van der Waals surface area contributed by atoms with Crippen molar-refractivity contribution in [3.8, 4) is 0 Å². The molecular formula is C13H20O2. The van der Waals surface area contributed by atoms with E-state index in [0.717, 1.165) is 12.8 Å². The summed E-state index contributed by atoms with van der Waals surface area (Å²) in [6.07, 6.45) is 10.3. The van der Waals surface area contributed by atoms with Crippen molar-refractivity contribution in [3.05, 3.63) is 11.6 Å². The van der Waals surface area contributed by atoms with Gasteiger partial charge in [-0.25, -0.2) is 0 Å². The third-order valence-electron chi connectivity index (χ3n) is 4.97. The maximum atomic E-state index is 10.2. The first-order chi connectivity index (χ1) is 7.21. The average Bonchev–Trinajstić information content (AvgIpc) is 2.28. The highest BCUT2D eigenvalue weighted by atomic mass is 16.5. The van der Waals surface area contributed by atoms with Gasteiger partial charge in [-0.15, -0.1) is 0 Å². The van der Waals surface area contributed by atoms with Gasteiger partial charge in [0.1, 0.15) is 5.60 Å². The lowest BCUT2D eigenvalue weighted by Crippen LogP contribution is -2.56. The monoisotopic (exact) mass is 208 g/mol. The summed E-state index contributed by atoms with van der Waals surface area (Å²) in [5.41, 5.74) is 1.61. The fourth-order valence-corrected chi connectivity index (χ4v) is 3.96. The van der Waals surface area contributed by atoms with Crippen molar-refractivity contribution in [2.75, 3.05) is 7.11 Å². The van der Waals surface area contributed by atoms with Crippen molar-refractivity contribution >= 4 is 0 Å². The van der Waals surface area contributed by atoms with Crippen LogP contribution in [0.15, 0.2) is 11.6 Å². The van der Waals surface area contributed by atoms with Gasteiger partial charge < -0.3 is 9.84 Å². The van der Waals surface area contributed by atoms with E-state index in [2.05, 4.69) is 6.08 Å². The highest BCUT2D eigenvalue weighted by Crippen LogP contribution is 2.58. The molecule has 1 spiro atoms. The fourth-order valence-electron chi connectivity index (χ4n) is 3.96. The minimum Gasteiger partial charge on any atom is -0.390 e. The molecule has 0 aliphatic heterocycles. The van der Waals surface area contributed by atoms with Crippen LogP contribution in [0.25, 0.3) is 0 Å². The van der Waals surface area contributed by atoms with Crippen LogP contribution in [-0.4, -0.2) is 23.9 Å². The summed E-state index contributed by atoms with van der Waals surface area (Å²) >= 11 is 0. The maximum Gasteiger partial charge on any atom is 0.112 e. The number of hydrogen-bond donors (Lipinski definition) is 1. The van der Waals surface area contributed by atoms with Crippen LogP contribution in [0.2, 0.25) is 0 Å². The number of fused-ring (bicyclic) bond motifs is 2. The van der Waals surface area contributed by atoms with E-state index >= 15 is 0 Å². The minimum atomic E-state index is -0.339. The first kappa shape index (κ1) is 9.86. The molecule has 0 radical (unpaired) electrons. The van der Waals surface area contributed by atoms with Crippen LogP contribution in [-0.2, 0) is 4.74 Å². The highest BCUT2D eigenvalue weighted by Gasteiger charge is 2.54. The molecule has 2 nitrogen and oxygen atoms in total. The van der Waals surface area contributed by atoms with Gasteiger partial charge in [-0.3, -0.25) is 0 Å². The number of hydrogen-bond acceptors (Lipinski definition) is 2. The molecule has 0 heterocycles. The normalized spacial score (nSPS) is 48.7. The lowest BCUT2D eigenvalue weighted by atomic mass is 9.53. The third-order valence-corrected chi connectivity index (χ3v) is 4.97. The second-order valence-electron chi connectivity index (χ2n) is 5.54. The number of methoxy groups -OCH3 is 1. The molecule has 15 heavy (non-hydrogen) atoms. The Kier molecular flexibility index (Phi) is 2.02. The lowest BCUT2D eigenvalue weighted by Gasteiger charge is -2.56. The second kappa shape index (κ2) is 3.08. The van der Waals surface area contributed by atoms with Crippen LogP contribution >= 0.6 is 0 Å². The molecule has 0 unspecified atom stereocenters. The van der Waals surface area contributed by atoms with Crippen LogP contribution in [0.5, 0.6) is 0 Å². The Morgan fingerprint density at radius 2 is 2.20 bits per heavy atom. The van der Waals surface area contributed by atoms with Gasteiger partial charge in [0.2, 0.25) is 0 Å². The van der Waals surface area contributed by atoms with Gasteiger partial charge >= 0.3 is 0 Å². The van der Waals surface area contributed by atoms with E-state index in [9.17, 15) is 5.11 Å². The van der Waals surface area contributed by atoms with Crippen LogP contribution in [0.1, 0.15) is 44.9 Å².